The van der Waals surface area contributed by atoms with E-state index in [1.54, 1.807) is 0 Å². The number of carbonyl (C=O) groups is 1. The van der Waals surface area contributed by atoms with Crippen LogP contribution in [0.5, 0.6) is 0 Å². The Morgan fingerprint density at radius 3 is 2.61 bits per heavy atom. The summed E-state index contributed by atoms with van der Waals surface area (Å²) in [5, 5.41) is 0. The van der Waals surface area contributed by atoms with Gasteiger partial charge in [0, 0.05) is 12.2 Å². The molecule has 0 fully saturated rings. The van der Waals surface area contributed by atoms with Gasteiger partial charge >= 0.3 is 64.3 Å². The van der Waals surface area contributed by atoms with Crippen molar-refractivity contribution >= 4 is 18.5 Å². The zero-order chi connectivity index (χ0) is 12.6. The molecular formula is C10H12BF3KNO2. The van der Waals surface area contributed by atoms with Gasteiger partial charge in [0.1, 0.15) is 0 Å². The SMILES string of the molecule is COC(=O)c1cc([B-](F)(F)F)n2c1CCCC2.[K+]. The Kier molecular flexibility index (Phi) is 5.55. The molecule has 1 aromatic heterocycles. The third-order valence-corrected chi connectivity index (χ3v) is 3.03. The quantitative estimate of drug-likeness (QED) is 0.498. The predicted octanol–water partition coefficient (Wildman–Crippen LogP) is -1.33. The molecule has 2 heterocycles. The van der Waals surface area contributed by atoms with Crippen LogP contribution in [-0.2, 0) is 17.7 Å². The first kappa shape index (κ1) is 16.3. The maximum absolute atomic E-state index is 12.8. The summed E-state index contributed by atoms with van der Waals surface area (Å²) in [7, 11) is 1.17. The number of carbonyl (C=O) groups excluding carboxylic acids is 1. The van der Waals surface area contributed by atoms with Gasteiger partial charge in [-0.05, 0) is 24.9 Å². The summed E-state index contributed by atoms with van der Waals surface area (Å²) in [6.45, 7) is -4.77. The summed E-state index contributed by atoms with van der Waals surface area (Å²) in [5.41, 5.74) is -0.182. The number of methoxy groups -OCH3 is 1. The number of fused-ring (bicyclic) bond motifs is 1. The second kappa shape index (κ2) is 6.13. The molecule has 2 rings (SSSR count). The Balaban J connectivity index is 0.00000162. The summed E-state index contributed by atoms with van der Waals surface area (Å²) < 4.78 is 44.3. The van der Waals surface area contributed by atoms with Crippen molar-refractivity contribution in [3.63, 3.8) is 0 Å². The van der Waals surface area contributed by atoms with E-state index < -0.39 is 18.5 Å². The molecule has 1 aliphatic rings. The molecule has 0 saturated carbocycles. The normalized spacial score (nSPS) is 14.7. The molecule has 0 spiro atoms. The van der Waals surface area contributed by atoms with Crippen molar-refractivity contribution in [2.75, 3.05) is 7.11 Å². The van der Waals surface area contributed by atoms with Gasteiger partial charge in [0.2, 0.25) is 0 Å². The molecule has 0 amide bonds. The summed E-state index contributed by atoms with van der Waals surface area (Å²) >= 11 is 0. The zero-order valence-electron chi connectivity index (χ0n) is 10.4. The Hall–Kier alpha value is 0.241. The number of halogens is 3. The minimum Gasteiger partial charge on any atom is -0.465 e. The van der Waals surface area contributed by atoms with Gasteiger partial charge in [-0.2, -0.15) is 0 Å². The maximum atomic E-state index is 12.8. The van der Waals surface area contributed by atoms with E-state index in [2.05, 4.69) is 4.74 Å². The number of rotatable bonds is 2. The maximum Gasteiger partial charge on any atom is 1.00 e. The van der Waals surface area contributed by atoms with Crippen LogP contribution in [0, 0.1) is 0 Å². The van der Waals surface area contributed by atoms with E-state index in [9.17, 15) is 17.7 Å². The van der Waals surface area contributed by atoms with Crippen LogP contribution in [-0.4, -0.2) is 24.6 Å². The Labute approximate surface area is 146 Å². The molecule has 0 N–H and O–H groups in total. The molecule has 0 unspecified atom stereocenters. The van der Waals surface area contributed by atoms with Gasteiger partial charge in [0.25, 0.3) is 0 Å². The van der Waals surface area contributed by atoms with Gasteiger partial charge in [0.15, 0.2) is 0 Å². The van der Waals surface area contributed by atoms with Gasteiger partial charge in [0.05, 0.1) is 12.7 Å². The monoisotopic (exact) mass is 285 g/mol. The topological polar surface area (TPSA) is 31.2 Å². The van der Waals surface area contributed by atoms with Crippen molar-refractivity contribution < 1.29 is 73.9 Å². The van der Waals surface area contributed by atoms with Crippen LogP contribution >= 0.6 is 0 Å². The molecule has 0 aromatic carbocycles. The number of hydrogen-bond donors (Lipinski definition) is 0. The summed E-state index contributed by atoms with van der Waals surface area (Å²) in [6.07, 6.45) is 2.01. The third kappa shape index (κ3) is 3.04. The molecule has 0 aliphatic carbocycles. The van der Waals surface area contributed by atoms with Crippen molar-refractivity contribution in [3.8, 4) is 0 Å². The van der Waals surface area contributed by atoms with E-state index in [0.29, 0.717) is 25.1 Å². The summed E-state index contributed by atoms with van der Waals surface area (Å²) in [6, 6.07) is 0.923. The standard InChI is InChI=1S/C10H12BF3NO2.K/c1-17-10(16)7-6-9(11(12,13)14)15-5-3-2-4-8(7)15;/h6H,2-5H2,1H3;/q-1;+1. The molecule has 3 nitrogen and oxygen atoms in total. The number of ether oxygens (including phenoxy) is 1. The fourth-order valence-corrected chi connectivity index (χ4v) is 2.26. The molecule has 1 aromatic rings. The van der Waals surface area contributed by atoms with Crippen LogP contribution < -0.4 is 57.0 Å². The first-order valence-electron chi connectivity index (χ1n) is 5.45. The van der Waals surface area contributed by atoms with E-state index in [1.807, 2.05) is 0 Å². The van der Waals surface area contributed by atoms with Crippen LogP contribution in [0.1, 0.15) is 28.9 Å². The molecule has 94 valence electrons. The van der Waals surface area contributed by atoms with Gasteiger partial charge in [-0.1, -0.05) is 6.07 Å². The molecule has 0 bridgehead atoms. The largest absolute Gasteiger partial charge is 1.00 e. The molecule has 8 heteroatoms. The molecule has 0 atom stereocenters. The number of aromatic nitrogens is 1. The average Bonchev–Trinajstić information content (AvgIpc) is 2.67. The summed E-state index contributed by atoms with van der Waals surface area (Å²) in [4.78, 5) is 11.4. The van der Waals surface area contributed by atoms with Crippen LogP contribution in [0.15, 0.2) is 6.07 Å². The van der Waals surface area contributed by atoms with Gasteiger partial charge in [-0.15, -0.1) is 0 Å². The van der Waals surface area contributed by atoms with E-state index in [0.717, 1.165) is 12.5 Å². The Morgan fingerprint density at radius 1 is 1.39 bits per heavy atom. The smallest absolute Gasteiger partial charge is 0.465 e. The number of hydrogen-bond acceptors (Lipinski definition) is 2. The second-order valence-electron chi connectivity index (χ2n) is 4.10. The Morgan fingerprint density at radius 2 is 2.06 bits per heavy atom. The first-order valence-corrected chi connectivity index (χ1v) is 5.45. The van der Waals surface area contributed by atoms with E-state index in [-0.39, 0.29) is 56.9 Å². The van der Waals surface area contributed by atoms with E-state index in [1.165, 1.54) is 11.7 Å². The van der Waals surface area contributed by atoms with Crippen LogP contribution in [0.2, 0.25) is 0 Å². The first-order chi connectivity index (χ1) is 7.95. The summed E-state index contributed by atoms with van der Waals surface area (Å²) in [5.74, 6) is -0.693. The van der Waals surface area contributed by atoms with E-state index >= 15 is 0 Å². The predicted molar refractivity (Wildman–Crippen MR) is 57.4 cm³/mol. The zero-order valence-corrected chi connectivity index (χ0v) is 13.5. The van der Waals surface area contributed by atoms with Gasteiger partial charge < -0.3 is 22.3 Å². The fraction of sp³-hybridized carbons (Fsp3) is 0.500. The van der Waals surface area contributed by atoms with Crippen molar-refractivity contribution in [3.05, 3.63) is 17.3 Å². The molecule has 18 heavy (non-hydrogen) atoms. The third-order valence-electron chi connectivity index (χ3n) is 3.03. The molecule has 0 saturated heterocycles. The van der Waals surface area contributed by atoms with Crippen LogP contribution in [0.4, 0.5) is 12.9 Å². The average molecular weight is 285 g/mol. The van der Waals surface area contributed by atoms with E-state index in [4.69, 9.17) is 0 Å². The minimum absolute atomic E-state index is 0. The minimum atomic E-state index is -5.09. The van der Waals surface area contributed by atoms with Gasteiger partial charge in [-0.25, -0.2) is 4.79 Å². The van der Waals surface area contributed by atoms with Crippen molar-refractivity contribution in [1.82, 2.24) is 4.57 Å². The van der Waals surface area contributed by atoms with Crippen molar-refractivity contribution in [2.45, 2.75) is 25.8 Å². The second-order valence-corrected chi connectivity index (χ2v) is 4.10. The molecule has 0 radical (unpaired) electrons. The van der Waals surface area contributed by atoms with Crippen LogP contribution in [0.25, 0.3) is 0 Å². The molecule has 1 aliphatic heterocycles. The number of esters is 1. The van der Waals surface area contributed by atoms with Gasteiger partial charge in [-0.3, -0.25) is 0 Å². The van der Waals surface area contributed by atoms with Crippen molar-refractivity contribution in [2.24, 2.45) is 0 Å². The number of nitrogens with zero attached hydrogens (tertiary/aromatic N) is 1. The van der Waals surface area contributed by atoms with Crippen LogP contribution in [0.3, 0.4) is 0 Å². The van der Waals surface area contributed by atoms with Crippen molar-refractivity contribution in [1.29, 1.82) is 0 Å². The Bertz CT molecular complexity index is 459. The molecular weight excluding hydrogens is 273 g/mol. The fourth-order valence-electron chi connectivity index (χ4n) is 2.26.